The lowest BCUT2D eigenvalue weighted by Gasteiger charge is -2.32. The van der Waals surface area contributed by atoms with Crippen molar-refractivity contribution in [3.63, 3.8) is 0 Å². The van der Waals surface area contributed by atoms with Gasteiger partial charge in [0.2, 0.25) is 0 Å². The van der Waals surface area contributed by atoms with Crippen LogP contribution in [0.4, 0.5) is 0 Å². The molecule has 0 fully saturated rings. The number of hydrogen-bond donors (Lipinski definition) is 0. The number of nitrogens with zero attached hydrogens (tertiary/aromatic N) is 2. The van der Waals surface area contributed by atoms with Gasteiger partial charge in [0.15, 0.2) is 5.82 Å². The highest BCUT2D eigenvalue weighted by Gasteiger charge is 2.30. The van der Waals surface area contributed by atoms with Gasteiger partial charge in [-0.05, 0) is 20.3 Å². The Bertz CT molecular complexity index is 809. The van der Waals surface area contributed by atoms with Crippen LogP contribution in [-0.4, -0.2) is 33.9 Å². The highest BCUT2D eigenvalue weighted by molar-refractivity contribution is 7.99. The van der Waals surface area contributed by atoms with E-state index in [2.05, 4.69) is 20.8 Å². The van der Waals surface area contributed by atoms with Crippen molar-refractivity contribution in [2.45, 2.75) is 63.7 Å². The van der Waals surface area contributed by atoms with Crippen molar-refractivity contribution in [2.24, 2.45) is 0 Å². The molecule has 0 aliphatic carbocycles. The lowest BCUT2D eigenvalue weighted by molar-refractivity contribution is -0.140. The Morgan fingerprint density at radius 3 is 2.75 bits per heavy atom. The van der Waals surface area contributed by atoms with Crippen LogP contribution in [0.3, 0.4) is 0 Å². The molecule has 6 heteroatoms. The van der Waals surface area contributed by atoms with Crippen molar-refractivity contribution >= 4 is 17.7 Å². The molecular weight excluding hydrogens is 372 g/mol. The summed E-state index contributed by atoms with van der Waals surface area (Å²) in [6.07, 6.45) is 3.82. The standard InChI is InChI=1S/C22H28N2O3S/c1-4-5-9-12-26-19(25)15-28-21-17-14-27-22(2,3)13-18(17)23-20(24-21)16-10-7-6-8-11-16/h6-8,10-11H,4-5,9,12-15H2,1-3H3. The Hall–Kier alpha value is -1.92. The smallest absolute Gasteiger partial charge is 0.316 e. The van der Waals surface area contributed by atoms with Crippen molar-refractivity contribution < 1.29 is 14.3 Å². The second kappa shape index (κ2) is 9.52. The van der Waals surface area contributed by atoms with Crippen LogP contribution in [0.2, 0.25) is 0 Å². The SMILES string of the molecule is CCCCCOC(=O)CSc1nc(-c2ccccc2)nc2c1COC(C)(C)C2. The van der Waals surface area contributed by atoms with Gasteiger partial charge in [-0.25, -0.2) is 9.97 Å². The van der Waals surface area contributed by atoms with Crippen LogP contribution in [0, 0.1) is 0 Å². The van der Waals surface area contributed by atoms with Crippen molar-refractivity contribution in [3.8, 4) is 11.4 Å². The number of hydrogen-bond acceptors (Lipinski definition) is 6. The van der Waals surface area contributed by atoms with Gasteiger partial charge < -0.3 is 9.47 Å². The molecule has 0 saturated heterocycles. The third-order valence-corrected chi connectivity index (χ3v) is 5.62. The number of thioether (sulfide) groups is 1. The van der Waals surface area contributed by atoms with Crippen LogP contribution < -0.4 is 0 Å². The van der Waals surface area contributed by atoms with E-state index in [4.69, 9.17) is 19.4 Å². The fraction of sp³-hybridized carbons (Fsp3) is 0.500. The van der Waals surface area contributed by atoms with E-state index in [1.807, 2.05) is 30.3 Å². The van der Waals surface area contributed by atoms with Crippen LogP contribution in [0.1, 0.15) is 51.3 Å². The highest BCUT2D eigenvalue weighted by Crippen LogP contribution is 2.34. The lowest BCUT2D eigenvalue weighted by Crippen LogP contribution is -2.33. The van der Waals surface area contributed by atoms with Gasteiger partial charge in [-0.2, -0.15) is 0 Å². The minimum atomic E-state index is -0.255. The average molecular weight is 401 g/mol. The van der Waals surface area contributed by atoms with E-state index in [1.165, 1.54) is 11.8 Å². The molecule has 0 spiro atoms. The van der Waals surface area contributed by atoms with E-state index < -0.39 is 0 Å². The van der Waals surface area contributed by atoms with E-state index in [0.717, 1.165) is 47.5 Å². The molecule has 0 unspecified atom stereocenters. The van der Waals surface area contributed by atoms with E-state index in [1.54, 1.807) is 0 Å². The summed E-state index contributed by atoms with van der Waals surface area (Å²) in [4.78, 5) is 21.7. The van der Waals surface area contributed by atoms with Crippen molar-refractivity contribution in [1.29, 1.82) is 0 Å². The van der Waals surface area contributed by atoms with Gasteiger partial charge in [0, 0.05) is 17.5 Å². The Labute approximate surface area is 171 Å². The molecule has 1 aliphatic heterocycles. The third kappa shape index (κ3) is 5.55. The summed E-state index contributed by atoms with van der Waals surface area (Å²) >= 11 is 1.41. The maximum absolute atomic E-state index is 12.1. The van der Waals surface area contributed by atoms with Gasteiger partial charge in [-0.15, -0.1) is 0 Å². The van der Waals surface area contributed by atoms with Gasteiger partial charge in [0.1, 0.15) is 5.03 Å². The first-order valence-corrected chi connectivity index (χ1v) is 10.8. The molecule has 0 N–H and O–H groups in total. The predicted molar refractivity (Wildman–Crippen MR) is 111 cm³/mol. The van der Waals surface area contributed by atoms with Crippen LogP contribution in [-0.2, 0) is 27.3 Å². The molecule has 0 amide bonds. The molecule has 28 heavy (non-hydrogen) atoms. The van der Waals surface area contributed by atoms with Crippen LogP contribution in [0.25, 0.3) is 11.4 Å². The van der Waals surface area contributed by atoms with E-state index in [9.17, 15) is 4.79 Å². The molecular formula is C22H28N2O3S. The number of benzene rings is 1. The van der Waals surface area contributed by atoms with Gasteiger partial charge in [-0.3, -0.25) is 4.79 Å². The Morgan fingerprint density at radius 1 is 1.21 bits per heavy atom. The molecule has 0 bridgehead atoms. The summed E-state index contributed by atoms with van der Waals surface area (Å²) in [5, 5.41) is 0.810. The number of aromatic nitrogens is 2. The van der Waals surface area contributed by atoms with Crippen molar-refractivity contribution in [2.75, 3.05) is 12.4 Å². The fourth-order valence-electron chi connectivity index (χ4n) is 3.06. The largest absolute Gasteiger partial charge is 0.465 e. The summed E-state index contributed by atoms with van der Waals surface area (Å²) in [5.74, 6) is 0.732. The normalized spacial score (nSPS) is 15.1. The number of rotatable bonds is 8. The average Bonchev–Trinajstić information content (AvgIpc) is 2.69. The zero-order chi connectivity index (χ0) is 20.0. The third-order valence-electron chi connectivity index (χ3n) is 4.62. The second-order valence-corrected chi connectivity index (χ2v) is 8.55. The summed E-state index contributed by atoms with van der Waals surface area (Å²) in [6, 6.07) is 9.94. The lowest BCUT2D eigenvalue weighted by atomic mass is 9.96. The summed E-state index contributed by atoms with van der Waals surface area (Å²) < 4.78 is 11.3. The first kappa shape index (κ1) is 20.8. The molecule has 0 atom stereocenters. The molecule has 2 aromatic rings. The fourth-order valence-corrected chi connectivity index (χ4v) is 3.90. The number of ether oxygens (including phenoxy) is 2. The summed E-state index contributed by atoms with van der Waals surface area (Å²) in [6.45, 7) is 7.22. The maximum atomic E-state index is 12.1. The monoisotopic (exact) mass is 400 g/mol. The van der Waals surface area contributed by atoms with E-state index in [0.29, 0.717) is 19.0 Å². The second-order valence-electron chi connectivity index (χ2n) is 7.59. The molecule has 1 aromatic carbocycles. The van der Waals surface area contributed by atoms with Crippen LogP contribution >= 0.6 is 11.8 Å². The first-order valence-electron chi connectivity index (χ1n) is 9.86. The van der Waals surface area contributed by atoms with Gasteiger partial charge in [0.25, 0.3) is 0 Å². The number of unbranched alkanes of at least 4 members (excludes halogenated alkanes) is 2. The zero-order valence-electron chi connectivity index (χ0n) is 16.9. The molecule has 5 nitrogen and oxygen atoms in total. The van der Waals surface area contributed by atoms with Crippen molar-refractivity contribution in [3.05, 3.63) is 41.6 Å². The van der Waals surface area contributed by atoms with Gasteiger partial charge in [0.05, 0.1) is 30.3 Å². The molecule has 1 aromatic heterocycles. The van der Waals surface area contributed by atoms with Crippen molar-refractivity contribution in [1.82, 2.24) is 9.97 Å². The number of fused-ring (bicyclic) bond motifs is 1. The van der Waals surface area contributed by atoms with Crippen LogP contribution in [0.15, 0.2) is 35.4 Å². The molecule has 0 saturated carbocycles. The van der Waals surface area contributed by atoms with Gasteiger partial charge in [-0.1, -0.05) is 61.9 Å². The van der Waals surface area contributed by atoms with E-state index >= 15 is 0 Å². The maximum Gasteiger partial charge on any atom is 0.316 e. The topological polar surface area (TPSA) is 61.3 Å². The Balaban J connectivity index is 1.78. The molecule has 150 valence electrons. The first-order chi connectivity index (χ1) is 13.5. The quantitative estimate of drug-likeness (QED) is 0.274. The molecule has 2 heterocycles. The number of carbonyl (C=O) groups excluding carboxylic acids is 1. The Kier molecular flexibility index (Phi) is 7.08. The van der Waals surface area contributed by atoms with Gasteiger partial charge >= 0.3 is 5.97 Å². The number of carbonyl (C=O) groups is 1. The molecule has 0 radical (unpaired) electrons. The highest BCUT2D eigenvalue weighted by atomic mass is 32.2. The predicted octanol–water partition coefficient (Wildman–Crippen LogP) is 4.82. The zero-order valence-corrected chi connectivity index (χ0v) is 17.7. The summed E-state index contributed by atoms with van der Waals surface area (Å²) in [7, 11) is 0. The molecule has 1 aliphatic rings. The van der Waals surface area contributed by atoms with Crippen LogP contribution in [0.5, 0.6) is 0 Å². The molecule has 3 rings (SSSR count). The Morgan fingerprint density at radius 2 is 2.00 bits per heavy atom. The minimum Gasteiger partial charge on any atom is -0.465 e. The minimum absolute atomic E-state index is 0.202. The number of esters is 1. The summed E-state index contributed by atoms with van der Waals surface area (Å²) in [5.41, 5.74) is 2.71. The van der Waals surface area contributed by atoms with E-state index in [-0.39, 0.29) is 17.3 Å².